The Morgan fingerprint density at radius 3 is 2.52 bits per heavy atom. The lowest BCUT2D eigenvalue weighted by Crippen LogP contribution is -2.32. The van der Waals surface area contributed by atoms with E-state index in [1.165, 1.54) is 24.7 Å². The van der Waals surface area contributed by atoms with Gasteiger partial charge in [0.15, 0.2) is 0 Å². The van der Waals surface area contributed by atoms with E-state index in [2.05, 4.69) is 5.10 Å². The average molecular weight is 381 g/mol. The molecule has 3 amide bonds. The van der Waals surface area contributed by atoms with Crippen LogP contribution in [-0.2, 0) is 9.59 Å². The summed E-state index contributed by atoms with van der Waals surface area (Å²) in [6, 6.07) is -1.11. The van der Waals surface area contributed by atoms with Gasteiger partial charge in [0.25, 0.3) is 5.91 Å². The summed E-state index contributed by atoms with van der Waals surface area (Å²) in [7, 11) is 1.44. The fraction of sp³-hybridized carbons (Fsp3) is 0.789. The first-order chi connectivity index (χ1) is 12.9. The van der Waals surface area contributed by atoms with E-state index in [4.69, 9.17) is 5.11 Å². The van der Waals surface area contributed by atoms with Crippen molar-refractivity contribution in [3.05, 3.63) is 0 Å². The van der Waals surface area contributed by atoms with E-state index in [-0.39, 0.29) is 18.2 Å². The maximum absolute atomic E-state index is 12.3. The predicted molar refractivity (Wildman–Crippen MR) is 100 cm³/mol. The second kappa shape index (κ2) is 10.4. The first-order valence-corrected chi connectivity index (χ1v) is 9.96. The molecule has 1 saturated carbocycles. The topological polar surface area (TPSA) is 111 Å². The molecule has 0 aromatic carbocycles. The molecule has 8 heteroatoms. The monoisotopic (exact) mass is 381 g/mol. The van der Waals surface area contributed by atoms with Crippen molar-refractivity contribution < 1.29 is 24.6 Å². The summed E-state index contributed by atoms with van der Waals surface area (Å²) in [5.41, 5.74) is 0. The number of imide groups is 1. The summed E-state index contributed by atoms with van der Waals surface area (Å²) in [5, 5.41) is 24.3. The Labute approximate surface area is 160 Å². The number of carbonyl (C=O) groups excluding carboxylic acids is 2. The zero-order chi connectivity index (χ0) is 19.8. The molecule has 1 heterocycles. The van der Waals surface area contributed by atoms with E-state index in [1.807, 2.05) is 0 Å². The SMILES string of the molecule is CN1C(=O)C(CCCCCCC(=O)O)N(/N=C/C(O)C2CCCCC2)C1=O. The van der Waals surface area contributed by atoms with Crippen molar-refractivity contribution in [1.29, 1.82) is 0 Å². The molecule has 1 aliphatic heterocycles. The minimum atomic E-state index is -0.801. The molecule has 1 aliphatic carbocycles. The van der Waals surface area contributed by atoms with Crippen molar-refractivity contribution in [2.24, 2.45) is 11.0 Å². The van der Waals surface area contributed by atoms with Crippen LogP contribution in [0.5, 0.6) is 0 Å². The maximum Gasteiger partial charge on any atom is 0.347 e. The Morgan fingerprint density at radius 1 is 1.19 bits per heavy atom. The predicted octanol–water partition coefficient (Wildman–Crippen LogP) is 2.60. The molecule has 2 fully saturated rings. The Balaban J connectivity index is 1.87. The van der Waals surface area contributed by atoms with Crippen LogP contribution >= 0.6 is 0 Å². The van der Waals surface area contributed by atoms with E-state index in [9.17, 15) is 19.5 Å². The molecule has 2 atom stereocenters. The fourth-order valence-corrected chi connectivity index (χ4v) is 3.79. The molecule has 27 heavy (non-hydrogen) atoms. The van der Waals surface area contributed by atoms with Gasteiger partial charge >= 0.3 is 12.0 Å². The van der Waals surface area contributed by atoms with E-state index in [1.54, 1.807) is 0 Å². The Kier molecular flexibility index (Phi) is 8.22. The van der Waals surface area contributed by atoms with E-state index in [0.29, 0.717) is 19.3 Å². The Hall–Kier alpha value is -1.96. The molecule has 8 nitrogen and oxygen atoms in total. The molecule has 2 rings (SSSR count). The van der Waals surface area contributed by atoms with E-state index >= 15 is 0 Å². The van der Waals surface area contributed by atoms with Gasteiger partial charge in [0.05, 0.1) is 12.3 Å². The number of likely N-dealkylation sites (N-methyl/N-ethyl adjacent to an activating group) is 1. The van der Waals surface area contributed by atoms with Crippen LogP contribution in [0.15, 0.2) is 5.10 Å². The third kappa shape index (κ3) is 6.02. The zero-order valence-corrected chi connectivity index (χ0v) is 16.0. The minimum Gasteiger partial charge on any atom is -0.481 e. The van der Waals surface area contributed by atoms with Crippen molar-refractivity contribution in [1.82, 2.24) is 9.91 Å². The second-order valence-corrected chi connectivity index (χ2v) is 7.54. The third-order valence-corrected chi connectivity index (χ3v) is 5.49. The highest BCUT2D eigenvalue weighted by molar-refractivity contribution is 6.03. The lowest BCUT2D eigenvalue weighted by atomic mass is 9.86. The number of amides is 3. The summed E-state index contributed by atoms with van der Waals surface area (Å²) in [6.45, 7) is 0. The summed E-state index contributed by atoms with van der Waals surface area (Å²) < 4.78 is 0. The van der Waals surface area contributed by atoms with Crippen LogP contribution in [0.4, 0.5) is 4.79 Å². The second-order valence-electron chi connectivity index (χ2n) is 7.54. The first-order valence-electron chi connectivity index (χ1n) is 9.96. The molecule has 2 aliphatic rings. The lowest BCUT2D eigenvalue weighted by Gasteiger charge is -2.24. The Morgan fingerprint density at radius 2 is 1.85 bits per heavy atom. The number of aliphatic carboxylic acids is 1. The molecule has 0 aromatic rings. The highest BCUT2D eigenvalue weighted by Crippen LogP contribution is 2.26. The fourth-order valence-electron chi connectivity index (χ4n) is 3.79. The number of carbonyl (C=O) groups is 3. The van der Waals surface area contributed by atoms with Gasteiger partial charge in [-0.25, -0.2) is 9.80 Å². The molecule has 0 bridgehead atoms. The zero-order valence-electron chi connectivity index (χ0n) is 16.0. The van der Waals surface area contributed by atoms with Crippen LogP contribution < -0.4 is 0 Å². The van der Waals surface area contributed by atoms with Crippen molar-refractivity contribution in [2.45, 2.75) is 82.8 Å². The molecular weight excluding hydrogens is 350 g/mol. The number of aliphatic hydroxyl groups excluding tert-OH is 1. The molecule has 152 valence electrons. The van der Waals surface area contributed by atoms with Crippen molar-refractivity contribution in [3.63, 3.8) is 0 Å². The number of unbranched alkanes of at least 4 members (excludes halogenated alkanes) is 3. The molecule has 0 radical (unpaired) electrons. The van der Waals surface area contributed by atoms with Crippen LogP contribution in [0, 0.1) is 5.92 Å². The van der Waals surface area contributed by atoms with Gasteiger partial charge in [-0.15, -0.1) is 0 Å². The summed E-state index contributed by atoms with van der Waals surface area (Å²) in [6.07, 6.45) is 9.56. The Bertz CT molecular complexity index is 560. The van der Waals surface area contributed by atoms with Crippen molar-refractivity contribution in [2.75, 3.05) is 7.05 Å². The molecule has 0 aromatic heterocycles. The number of aliphatic hydroxyl groups is 1. The van der Waals surface area contributed by atoms with Crippen molar-refractivity contribution >= 4 is 24.1 Å². The largest absolute Gasteiger partial charge is 0.481 e. The van der Waals surface area contributed by atoms with Gasteiger partial charge in [-0.1, -0.05) is 38.5 Å². The normalized spacial score (nSPS) is 22.8. The number of hydrazone groups is 1. The molecule has 0 spiro atoms. The van der Waals surface area contributed by atoms with Gasteiger partial charge in [-0.2, -0.15) is 5.10 Å². The average Bonchev–Trinajstić information content (AvgIpc) is 2.86. The van der Waals surface area contributed by atoms with Gasteiger partial charge in [-0.05, 0) is 31.6 Å². The van der Waals surface area contributed by atoms with E-state index in [0.717, 1.165) is 43.4 Å². The smallest absolute Gasteiger partial charge is 0.347 e. The maximum atomic E-state index is 12.3. The van der Waals surface area contributed by atoms with Crippen LogP contribution in [0.2, 0.25) is 0 Å². The first kappa shape index (κ1) is 21.3. The summed E-state index contributed by atoms with van der Waals surface area (Å²) in [5.74, 6) is -0.915. The van der Waals surface area contributed by atoms with Crippen molar-refractivity contribution in [3.8, 4) is 0 Å². The molecule has 2 N–H and O–H groups in total. The number of urea groups is 1. The summed E-state index contributed by atoms with van der Waals surface area (Å²) >= 11 is 0. The van der Waals surface area contributed by atoms with Gasteiger partial charge in [-0.3, -0.25) is 14.5 Å². The van der Waals surface area contributed by atoms with Crippen LogP contribution in [0.1, 0.15) is 70.6 Å². The highest BCUT2D eigenvalue weighted by atomic mass is 16.4. The summed E-state index contributed by atoms with van der Waals surface area (Å²) in [4.78, 5) is 36.2. The van der Waals surface area contributed by atoms with Crippen LogP contribution in [0.25, 0.3) is 0 Å². The van der Waals surface area contributed by atoms with E-state index < -0.39 is 24.1 Å². The number of rotatable bonds is 10. The molecule has 1 saturated heterocycles. The van der Waals surface area contributed by atoms with Crippen LogP contribution in [0.3, 0.4) is 0 Å². The number of carboxylic acids is 1. The van der Waals surface area contributed by atoms with Gasteiger partial charge in [0, 0.05) is 13.5 Å². The van der Waals surface area contributed by atoms with Gasteiger partial charge < -0.3 is 10.2 Å². The number of hydrogen-bond donors (Lipinski definition) is 2. The van der Waals surface area contributed by atoms with Gasteiger partial charge in [0.1, 0.15) is 6.04 Å². The number of hydrogen-bond acceptors (Lipinski definition) is 5. The quantitative estimate of drug-likeness (QED) is 0.343. The standard InChI is InChI=1S/C19H31N3O5/c1-21-18(26)15(11-7-2-3-8-12-17(24)25)22(19(21)27)20-13-16(23)14-9-5-4-6-10-14/h13-16,23H,2-12H2,1H3,(H,24,25)/b20-13+. The minimum absolute atomic E-state index is 0.152. The van der Waals surface area contributed by atoms with Crippen LogP contribution in [-0.4, -0.2) is 63.4 Å². The molecule has 2 unspecified atom stereocenters. The number of carboxylic acid groups (broad SMARTS) is 1. The number of nitrogens with zero attached hydrogens (tertiary/aromatic N) is 3. The third-order valence-electron chi connectivity index (χ3n) is 5.49. The molecular formula is C19H31N3O5. The van der Waals surface area contributed by atoms with Gasteiger partial charge in [0.2, 0.25) is 0 Å². The highest BCUT2D eigenvalue weighted by Gasteiger charge is 2.43. The lowest BCUT2D eigenvalue weighted by molar-refractivity contribution is -0.137.